The Hall–Kier alpha value is -4.01. The fourth-order valence-electron chi connectivity index (χ4n) is 6.39. The van der Waals surface area contributed by atoms with Gasteiger partial charge in [0, 0.05) is 48.5 Å². The molecule has 1 aliphatic carbocycles. The van der Waals surface area contributed by atoms with Crippen LogP contribution in [0.3, 0.4) is 0 Å². The predicted octanol–water partition coefficient (Wildman–Crippen LogP) is 4.18. The number of nitrogens with one attached hydrogen (secondary N) is 2. The monoisotopic (exact) mass is 567 g/mol. The Kier molecular flexibility index (Phi) is 7.25. The topological polar surface area (TPSA) is 135 Å². The van der Waals surface area contributed by atoms with Gasteiger partial charge in [0.05, 0.1) is 25.9 Å². The molecule has 3 fully saturated rings. The molecule has 7 rings (SSSR count). The van der Waals surface area contributed by atoms with E-state index in [-0.39, 0.29) is 6.10 Å². The molecule has 3 unspecified atom stereocenters. The van der Waals surface area contributed by atoms with Crippen molar-refractivity contribution in [3.63, 3.8) is 0 Å². The number of pyridine rings is 2. The molecule has 3 atom stereocenters. The fraction of sp³-hybridized carbons (Fsp3) is 0.406. The maximum absolute atomic E-state index is 10.9. The maximum Gasteiger partial charge on any atom is 0.161 e. The summed E-state index contributed by atoms with van der Waals surface area (Å²) in [4.78, 5) is 9.14. The van der Waals surface area contributed by atoms with Crippen LogP contribution in [0.4, 0.5) is 0 Å². The van der Waals surface area contributed by atoms with Gasteiger partial charge < -0.3 is 29.1 Å². The lowest BCUT2D eigenvalue weighted by Crippen LogP contribution is -2.62. The van der Waals surface area contributed by atoms with Crippen LogP contribution in [-0.2, 0) is 4.74 Å². The van der Waals surface area contributed by atoms with Gasteiger partial charge in [-0.3, -0.25) is 10.3 Å². The highest BCUT2D eigenvalue weighted by Crippen LogP contribution is 2.40. The van der Waals surface area contributed by atoms with Gasteiger partial charge in [-0.1, -0.05) is 6.07 Å². The molecule has 0 radical (unpaired) electrons. The Bertz CT molecular complexity index is 1630. The number of methoxy groups -OCH3 is 1. The number of aliphatic hydroxyl groups excluding tert-OH is 1. The Morgan fingerprint density at radius 3 is 2.69 bits per heavy atom. The first kappa shape index (κ1) is 26.9. The second kappa shape index (κ2) is 11.3. The van der Waals surface area contributed by atoms with Gasteiger partial charge in [-0.2, -0.15) is 5.26 Å². The number of furan rings is 1. The summed E-state index contributed by atoms with van der Waals surface area (Å²) in [5, 5.41) is 27.6. The largest absolute Gasteiger partial charge is 0.494 e. The molecule has 0 amide bonds. The van der Waals surface area contributed by atoms with E-state index in [4.69, 9.17) is 18.6 Å². The van der Waals surface area contributed by atoms with Crippen LogP contribution in [0.25, 0.3) is 33.7 Å². The lowest BCUT2D eigenvalue weighted by Gasteiger charge is -2.50. The van der Waals surface area contributed by atoms with Gasteiger partial charge in [-0.15, -0.1) is 0 Å². The number of benzene rings is 1. The number of piperidine rings is 2. The van der Waals surface area contributed by atoms with E-state index in [9.17, 15) is 10.4 Å². The third-order valence-corrected chi connectivity index (χ3v) is 8.71. The Morgan fingerprint density at radius 2 is 1.93 bits per heavy atom. The van der Waals surface area contributed by atoms with Crippen molar-refractivity contribution >= 4 is 11.1 Å². The number of ether oxygens (including phenoxy) is 3. The van der Waals surface area contributed by atoms with Gasteiger partial charge >= 0.3 is 0 Å². The number of hydrogen-bond donors (Lipinski definition) is 3. The number of hydrogen-bond acceptors (Lipinski definition) is 10. The van der Waals surface area contributed by atoms with E-state index in [0.29, 0.717) is 76.3 Å². The Labute approximate surface area is 243 Å². The first-order valence-corrected chi connectivity index (χ1v) is 14.5. The number of aliphatic hydroxyl groups is 1. The van der Waals surface area contributed by atoms with E-state index in [0.717, 1.165) is 37.1 Å². The predicted molar refractivity (Wildman–Crippen MR) is 155 cm³/mol. The second-order valence-corrected chi connectivity index (χ2v) is 11.3. The number of nitrogens with zero attached hydrogens (tertiary/aromatic N) is 3. The molecular formula is C32H33N5O5. The van der Waals surface area contributed by atoms with Crippen LogP contribution in [0.15, 0.2) is 53.2 Å². The first-order chi connectivity index (χ1) is 20.6. The molecule has 216 valence electrons. The molecule has 2 bridgehead atoms. The summed E-state index contributed by atoms with van der Waals surface area (Å²) < 4.78 is 23.6. The lowest BCUT2D eigenvalue weighted by molar-refractivity contribution is 0.0121. The molecule has 10 heteroatoms. The normalized spacial score (nSPS) is 22.7. The third kappa shape index (κ3) is 4.99. The van der Waals surface area contributed by atoms with Crippen LogP contribution in [0, 0.1) is 23.2 Å². The Balaban J connectivity index is 1.16. The van der Waals surface area contributed by atoms with E-state index in [1.807, 2.05) is 30.3 Å². The molecule has 2 aliphatic heterocycles. The highest BCUT2D eigenvalue weighted by atomic mass is 16.5. The number of aromatic nitrogens is 2. The van der Waals surface area contributed by atoms with Crippen molar-refractivity contribution in [1.29, 1.82) is 5.26 Å². The van der Waals surface area contributed by atoms with Gasteiger partial charge in [0.15, 0.2) is 11.3 Å². The second-order valence-electron chi connectivity index (χ2n) is 11.3. The van der Waals surface area contributed by atoms with Crippen molar-refractivity contribution < 1.29 is 23.7 Å². The summed E-state index contributed by atoms with van der Waals surface area (Å²) in [6.45, 7) is 3.30. The SMILES string of the molecule is COc1cc(C(O)NC2C3CNCC2C3)cnc1-c1cc2nccc(-c3ccc(OC4CCOCC4)c(C#N)c3)c2o1. The molecular weight excluding hydrogens is 534 g/mol. The van der Waals surface area contributed by atoms with Crippen LogP contribution in [0.2, 0.25) is 0 Å². The zero-order valence-corrected chi connectivity index (χ0v) is 23.4. The first-order valence-electron chi connectivity index (χ1n) is 14.5. The highest BCUT2D eigenvalue weighted by Gasteiger charge is 2.44. The van der Waals surface area contributed by atoms with E-state index in [1.54, 1.807) is 25.6 Å². The van der Waals surface area contributed by atoms with Gasteiger partial charge in [0.25, 0.3) is 0 Å². The Morgan fingerprint density at radius 1 is 1.10 bits per heavy atom. The van der Waals surface area contributed by atoms with E-state index >= 15 is 0 Å². The molecule has 1 saturated carbocycles. The highest BCUT2D eigenvalue weighted by molar-refractivity contribution is 5.92. The number of rotatable bonds is 8. The summed E-state index contributed by atoms with van der Waals surface area (Å²) in [7, 11) is 1.58. The summed E-state index contributed by atoms with van der Waals surface area (Å²) in [5.41, 5.74) is 4.47. The average molecular weight is 568 g/mol. The molecule has 5 heterocycles. The zero-order chi connectivity index (χ0) is 28.6. The summed E-state index contributed by atoms with van der Waals surface area (Å²) >= 11 is 0. The van der Waals surface area contributed by atoms with Crippen LogP contribution in [-0.4, -0.2) is 60.6 Å². The van der Waals surface area contributed by atoms with Gasteiger partial charge in [-0.25, -0.2) is 4.98 Å². The van der Waals surface area contributed by atoms with Gasteiger partial charge in [0.1, 0.15) is 41.1 Å². The maximum atomic E-state index is 10.9. The molecule has 3 aliphatic rings. The van der Waals surface area contributed by atoms with Crippen molar-refractivity contribution in [3.05, 3.63) is 59.9 Å². The molecule has 4 aromatic rings. The molecule has 3 aromatic heterocycles. The quantitative estimate of drug-likeness (QED) is 0.266. The van der Waals surface area contributed by atoms with Crippen molar-refractivity contribution in [3.8, 4) is 40.1 Å². The van der Waals surface area contributed by atoms with E-state index < -0.39 is 6.23 Å². The van der Waals surface area contributed by atoms with Crippen LogP contribution < -0.4 is 20.1 Å². The minimum absolute atomic E-state index is 0.0397. The minimum Gasteiger partial charge on any atom is -0.494 e. The molecule has 2 saturated heterocycles. The van der Waals surface area contributed by atoms with E-state index in [1.165, 1.54) is 6.42 Å². The zero-order valence-electron chi connectivity index (χ0n) is 23.4. The van der Waals surface area contributed by atoms with Crippen molar-refractivity contribution in [2.24, 2.45) is 11.8 Å². The van der Waals surface area contributed by atoms with Crippen LogP contribution in [0.5, 0.6) is 11.5 Å². The summed E-state index contributed by atoms with van der Waals surface area (Å²) in [6.07, 6.45) is 5.38. The van der Waals surface area contributed by atoms with Crippen LogP contribution in [0.1, 0.15) is 36.6 Å². The minimum atomic E-state index is -0.842. The third-order valence-electron chi connectivity index (χ3n) is 8.71. The van der Waals surface area contributed by atoms with E-state index in [2.05, 4.69) is 26.7 Å². The lowest BCUT2D eigenvalue weighted by atomic mass is 9.67. The molecule has 42 heavy (non-hydrogen) atoms. The van der Waals surface area contributed by atoms with Crippen molar-refractivity contribution in [2.45, 2.75) is 37.6 Å². The van der Waals surface area contributed by atoms with Gasteiger partial charge in [-0.05, 0) is 61.2 Å². The molecule has 3 N–H and O–H groups in total. The smallest absolute Gasteiger partial charge is 0.161 e. The van der Waals surface area contributed by atoms with Crippen LogP contribution >= 0.6 is 0 Å². The summed E-state index contributed by atoms with van der Waals surface area (Å²) in [5.74, 6) is 2.65. The molecule has 10 nitrogen and oxygen atoms in total. The average Bonchev–Trinajstić information content (AvgIpc) is 3.48. The number of fused-ring (bicyclic) bond motifs is 3. The van der Waals surface area contributed by atoms with Crippen molar-refractivity contribution in [1.82, 2.24) is 20.6 Å². The van der Waals surface area contributed by atoms with Crippen molar-refractivity contribution in [2.75, 3.05) is 33.4 Å². The number of nitriles is 1. The van der Waals surface area contributed by atoms with Gasteiger partial charge in [0.2, 0.25) is 0 Å². The molecule has 1 aromatic carbocycles. The molecule has 0 spiro atoms. The fourth-order valence-corrected chi connectivity index (χ4v) is 6.39. The summed E-state index contributed by atoms with van der Waals surface area (Å²) in [6, 6.07) is 13.7. The standard InChI is InChI=1S/C32H33N5O5/c1-39-27-12-22(32(38)37-29-20-11-21(29)16-34-15-20)17-36-30(27)28-13-25-31(42-28)24(4-7-35-25)18-2-3-26(19(10-18)14-33)41-23-5-8-40-9-6-23/h2-4,7,10,12-13,17,20-21,23,29,32,34,37-38H,5-6,8-9,11,15-16H2,1H3.